The molecule has 7 heteroatoms. The Morgan fingerprint density at radius 3 is 2.04 bits per heavy atom. The summed E-state index contributed by atoms with van der Waals surface area (Å²) in [6.07, 6.45) is 4.57. The normalized spacial score (nSPS) is 26.4. The summed E-state index contributed by atoms with van der Waals surface area (Å²) in [5.41, 5.74) is 0.468. The fourth-order valence-corrected chi connectivity index (χ4v) is 3.90. The Bertz CT molecular complexity index is 703. The molecule has 2 aliphatic rings. The molecule has 134 valence electrons. The van der Waals surface area contributed by atoms with Crippen LogP contribution >= 0.6 is 0 Å². The zero-order valence-electron chi connectivity index (χ0n) is 14.3. The third kappa shape index (κ3) is 2.90. The van der Waals surface area contributed by atoms with Crippen molar-refractivity contribution in [3.8, 4) is 17.2 Å². The van der Waals surface area contributed by atoms with Crippen molar-refractivity contribution >= 4 is 17.6 Å². The Labute approximate surface area is 145 Å². The molecule has 0 aromatic heterocycles. The fraction of sp³-hybridized carbons (Fsp3) is 0.444. The van der Waals surface area contributed by atoms with E-state index in [0.29, 0.717) is 29.4 Å². The molecule has 2 bridgehead atoms. The number of allylic oxidation sites excluding steroid dienone is 2. The Kier molecular flexibility index (Phi) is 4.57. The van der Waals surface area contributed by atoms with Crippen LogP contribution < -0.4 is 19.5 Å². The molecule has 1 amide bonds. The molecule has 7 nitrogen and oxygen atoms in total. The van der Waals surface area contributed by atoms with Gasteiger partial charge in [0.05, 0.1) is 33.2 Å². The van der Waals surface area contributed by atoms with Crippen LogP contribution in [-0.4, -0.2) is 38.3 Å². The van der Waals surface area contributed by atoms with Crippen molar-refractivity contribution in [3.63, 3.8) is 0 Å². The van der Waals surface area contributed by atoms with Crippen LogP contribution in [0.1, 0.15) is 6.42 Å². The summed E-state index contributed by atoms with van der Waals surface area (Å²) in [6, 6.07) is 3.25. The minimum Gasteiger partial charge on any atom is -0.493 e. The lowest BCUT2D eigenvalue weighted by molar-refractivity contribution is -0.146. The molecule has 4 unspecified atom stereocenters. The molecule has 0 radical (unpaired) electrons. The number of carbonyl (C=O) groups is 2. The number of benzene rings is 1. The van der Waals surface area contributed by atoms with Gasteiger partial charge in [-0.05, 0) is 18.3 Å². The van der Waals surface area contributed by atoms with E-state index in [-0.39, 0.29) is 17.7 Å². The Morgan fingerprint density at radius 1 is 1.00 bits per heavy atom. The third-order valence-corrected chi connectivity index (χ3v) is 4.98. The van der Waals surface area contributed by atoms with Gasteiger partial charge >= 0.3 is 5.97 Å². The number of hydrogen-bond donors (Lipinski definition) is 2. The quantitative estimate of drug-likeness (QED) is 0.766. The number of rotatable bonds is 6. The van der Waals surface area contributed by atoms with E-state index >= 15 is 0 Å². The first-order valence-corrected chi connectivity index (χ1v) is 8.02. The highest BCUT2D eigenvalue weighted by Gasteiger charge is 2.51. The molecule has 1 aromatic carbocycles. The number of fused-ring (bicyclic) bond motifs is 2. The lowest BCUT2D eigenvalue weighted by Crippen LogP contribution is -2.36. The van der Waals surface area contributed by atoms with Crippen LogP contribution in [0.5, 0.6) is 17.2 Å². The fourth-order valence-electron chi connectivity index (χ4n) is 3.90. The first-order chi connectivity index (χ1) is 12.0. The van der Waals surface area contributed by atoms with Crippen LogP contribution in [0.25, 0.3) is 0 Å². The maximum atomic E-state index is 12.8. The van der Waals surface area contributed by atoms with Crippen molar-refractivity contribution < 1.29 is 28.9 Å². The van der Waals surface area contributed by atoms with Crippen LogP contribution in [-0.2, 0) is 9.59 Å². The predicted octanol–water partition coefficient (Wildman–Crippen LogP) is 2.17. The maximum absolute atomic E-state index is 12.8. The van der Waals surface area contributed by atoms with Gasteiger partial charge in [-0.25, -0.2) is 0 Å². The number of nitrogens with one attached hydrogen (secondary N) is 1. The molecule has 3 rings (SSSR count). The molecule has 0 heterocycles. The van der Waals surface area contributed by atoms with Crippen LogP contribution in [0.2, 0.25) is 0 Å². The number of ether oxygens (including phenoxy) is 3. The molecule has 1 fully saturated rings. The zero-order chi connectivity index (χ0) is 18.1. The number of carbonyl (C=O) groups excluding carboxylic acids is 1. The summed E-state index contributed by atoms with van der Waals surface area (Å²) in [5.74, 6) is -1.34. The highest BCUT2D eigenvalue weighted by molar-refractivity contribution is 5.96. The monoisotopic (exact) mass is 347 g/mol. The first-order valence-electron chi connectivity index (χ1n) is 8.02. The van der Waals surface area contributed by atoms with Crippen molar-refractivity contribution in [3.05, 3.63) is 24.3 Å². The SMILES string of the molecule is COc1cc(NC(=O)C2C3C=CC(C3)C2C(=O)O)cc(OC)c1OC. The number of anilines is 1. The van der Waals surface area contributed by atoms with Crippen LogP contribution in [0.4, 0.5) is 5.69 Å². The summed E-state index contributed by atoms with van der Waals surface area (Å²) in [6.45, 7) is 0. The summed E-state index contributed by atoms with van der Waals surface area (Å²) in [5, 5.41) is 12.3. The van der Waals surface area contributed by atoms with Gasteiger partial charge in [0.15, 0.2) is 11.5 Å². The van der Waals surface area contributed by atoms with Gasteiger partial charge in [-0.15, -0.1) is 0 Å². The number of methoxy groups -OCH3 is 3. The van der Waals surface area contributed by atoms with E-state index in [1.807, 2.05) is 12.2 Å². The topological polar surface area (TPSA) is 94.1 Å². The Balaban J connectivity index is 1.86. The van der Waals surface area contributed by atoms with Gasteiger partial charge in [0.1, 0.15) is 0 Å². The molecule has 4 atom stereocenters. The maximum Gasteiger partial charge on any atom is 0.307 e. The average Bonchev–Trinajstić information content (AvgIpc) is 3.21. The standard InChI is InChI=1S/C18H21NO6/c1-23-12-7-11(8-13(24-2)16(12)25-3)19-17(20)14-9-4-5-10(6-9)15(14)18(21)22/h4-5,7-10,14-15H,6H2,1-3H3,(H,19,20)(H,21,22). The van der Waals surface area contributed by atoms with E-state index in [1.54, 1.807) is 12.1 Å². The smallest absolute Gasteiger partial charge is 0.307 e. The lowest BCUT2D eigenvalue weighted by atomic mass is 9.82. The second kappa shape index (κ2) is 6.66. The van der Waals surface area contributed by atoms with Gasteiger partial charge in [-0.1, -0.05) is 12.2 Å². The Morgan fingerprint density at radius 2 is 1.56 bits per heavy atom. The predicted molar refractivity (Wildman–Crippen MR) is 90.1 cm³/mol. The zero-order valence-corrected chi connectivity index (χ0v) is 14.3. The molecule has 0 aliphatic heterocycles. The van der Waals surface area contributed by atoms with Gasteiger partial charge in [0.2, 0.25) is 11.7 Å². The van der Waals surface area contributed by atoms with E-state index in [9.17, 15) is 14.7 Å². The first kappa shape index (κ1) is 17.1. The molecule has 25 heavy (non-hydrogen) atoms. The third-order valence-electron chi connectivity index (χ3n) is 4.98. The second-order valence-corrected chi connectivity index (χ2v) is 6.24. The van der Waals surface area contributed by atoms with Gasteiger partial charge in [-0.2, -0.15) is 0 Å². The van der Waals surface area contributed by atoms with Crippen molar-refractivity contribution in [1.82, 2.24) is 0 Å². The molecule has 2 N–H and O–H groups in total. The summed E-state index contributed by atoms with van der Waals surface area (Å²) in [7, 11) is 4.48. The van der Waals surface area contributed by atoms with Crippen molar-refractivity contribution in [1.29, 1.82) is 0 Å². The van der Waals surface area contributed by atoms with E-state index in [1.165, 1.54) is 21.3 Å². The summed E-state index contributed by atoms with van der Waals surface area (Å²) in [4.78, 5) is 24.3. The highest BCUT2D eigenvalue weighted by Crippen LogP contribution is 2.48. The van der Waals surface area contributed by atoms with Crippen LogP contribution in [0.15, 0.2) is 24.3 Å². The highest BCUT2D eigenvalue weighted by atomic mass is 16.5. The molecule has 0 saturated heterocycles. The van der Waals surface area contributed by atoms with Crippen molar-refractivity contribution in [2.24, 2.45) is 23.7 Å². The molecular weight excluding hydrogens is 326 g/mol. The van der Waals surface area contributed by atoms with Crippen LogP contribution in [0, 0.1) is 23.7 Å². The van der Waals surface area contributed by atoms with E-state index in [4.69, 9.17) is 14.2 Å². The lowest BCUT2D eigenvalue weighted by Gasteiger charge is -2.24. The van der Waals surface area contributed by atoms with E-state index in [2.05, 4.69) is 5.32 Å². The summed E-state index contributed by atoms with van der Waals surface area (Å²) < 4.78 is 15.8. The molecule has 0 spiro atoms. The van der Waals surface area contributed by atoms with Crippen molar-refractivity contribution in [2.45, 2.75) is 6.42 Å². The Hall–Kier alpha value is -2.70. The number of carboxylic acids is 1. The minimum atomic E-state index is -0.929. The largest absolute Gasteiger partial charge is 0.493 e. The van der Waals surface area contributed by atoms with E-state index in [0.717, 1.165) is 0 Å². The minimum absolute atomic E-state index is 0.0341. The molecule has 2 aliphatic carbocycles. The average molecular weight is 347 g/mol. The second-order valence-electron chi connectivity index (χ2n) is 6.24. The van der Waals surface area contributed by atoms with E-state index < -0.39 is 17.8 Å². The number of aliphatic carboxylic acids is 1. The van der Waals surface area contributed by atoms with Gasteiger partial charge < -0.3 is 24.6 Å². The van der Waals surface area contributed by atoms with Gasteiger partial charge in [0.25, 0.3) is 0 Å². The number of amides is 1. The van der Waals surface area contributed by atoms with Crippen LogP contribution in [0.3, 0.4) is 0 Å². The summed E-state index contributed by atoms with van der Waals surface area (Å²) >= 11 is 0. The number of carboxylic acid groups (broad SMARTS) is 1. The van der Waals surface area contributed by atoms with Crippen molar-refractivity contribution in [2.75, 3.05) is 26.6 Å². The van der Waals surface area contributed by atoms with Gasteiger partial charge in [0, 0.05) is 17.8 Å². The van der Waals surface area contributed by atoms with Gasteiger partial charge in [-0.3, -0.25) is 9.59 Å². The molecule has 1 aromatic rings. The molecule has 1 saturated carbocycles. The molecular formula is C18H21NO6. The number of hydrogen-bond acceptors (Lipinski definition) is 5.